The minimum atomic E-state index is -0.721. The van der Waals surface area contributed by atoms with Gasteiger partial charge in [0, 0.05) is 46.5 Å². The standard InChI is InChI=1S/C30H32N2O4S/c1-18-5-7-23(20-6-8-25-21(16-20)11-14-34-25)28-27(18)35-30(3,36-28)22-9-12-32(13-10-22)17-24-26(37-4)15-19(2)31-29(24)33/h5-8,11,14-16,22H,9-10,12-13,17H2,1-4H3,(H,31,33). The van der Waals surface area contributed by atoms with Gasteiger partial charge in [-0.2, -0.15) is 0 Å². The first kappa shape index (κ1) is 24.2. The number of nitrogens with one attached hydrogen (secondary N) is 1. The third-order valence-electron chi connectivity index (χ3n) is 7.84. The lowest BCUT2D eigenvalue weighted by atomic mass is 9.89. The number of thioether (sulfide) groups is 1. The zero-order chi connectivity index (χ0) is 25.7. The van der Waals surface area contributed by atoms with Gasteiger partial charge in [0.05, 0.1) is 6.26 Å². The number of rotatable bonds is 5. The second-order valence-corrected chi connectivity index (χ2v) is 11.2. The summed E-state index contributed by atoms with van der Waals surface area (Å²) in [5, 5.41) is 1.07. The molecule has 6 rings (SSSR count). The molecule has 4 heterocycles. The minimum Gasteiger partial charge on any atom is -0.464 e. The molecule has 0 bridgehead atoms. The van der Waals surface area contributed by atoms with Crippen LogP contribution in [0.5, 0.6) is 11.5 Å². The fourth-order valence-corrected chi connectivity index (χ4v) is 6.40. The number of furan rings is 1. The summed E-state index contributed by atoms with van der Waals surface area (Å²) in [6, 6.07) is 14.5. The smallest absolute Gasteiger partial charge is 0.253 e. The first-order valence-corrected chi connectivity index (χ1v) is 14.1. The molecule has 4 aromatic rings. The van der Waals surface area contributed by atoms with E-state index in [1.807, 2.05) is 25.3 Å². The van der Waals surface area contributed by atoms with Crippen molar-refractivity contribution in [3.8, 4) is 22.6 Å². The maximum Gasteiger partial charge on any atom is 0.253 e. The predicted octanol–water partition coefficient (Wildman–Crippen LogP) is 6.53. The second kappa shape index (κ2) is 9.30. The minimum absolute atomic E-state index is 0.0213. The van der Waals surface area contributed by atoms with E-state index in [2.05, 4.69) is 54.1 Å². The number of pyridine rings is 1. The number of H-pyrrole nitrogens is 1. The summed E-state index contributed by atoms with van der Waals surface area (Å²) in [4.78, 5) is 19.0. The van der Waals surface area contributed by atoms with E-state index >= 15 is 0 Å². The van der Waals surface area contributed by atoms with Gasteiger partial charge in [-0.15, -0.1) is 11.8 Å². The van der Waals surface area contributed by atoms with Crippen molar-refractivity contribution in [2.24, 2.45) is 5.92 Å². The van der Waals surface area contributed by atoms with E-state index in [-0.39, 0.29) is 11.5 Å². The monoisotopic (exact) mass is 516 g/mol. The summed E-state index contributed by atoms with van der Waals surface area (Å²) in [6.07, 6.45) is 5.63. The highest BCUT2D eigenvalue weighted by Gasteiger charge is 2.46. The third-order valence-corrected chi connectivity index (χ3v) is 8.65. The van der Waals surface area contributed by atoms with Gasteiger partial charge in [0.1, 0.15) is 5.58 Å². The molecule has 7 heteroatoms. The van der Waals surface area contributed by atoms with Gasteiger partial charge in [-0.25, -0.2) is 0 Å². The number of aryl methyl sites for hydroxylation is 2. The van der Waals surface area contributed by atoms with Crippen LogP contribution in [0.4, 0.5) is 0 Å². The molecule has 0 spiro atoms. The van der Waals surface area contributed by atoms with Crippen LogP contribution in [0.15, 0.2) is 62.8 Å². The van der Waals surface area contributed by atoms with Crippen molar-refractivity contribution in [2.45, 2.75) is 50.8 Å². The van der Waals surface area contributed by atoms with Crippen molar-refractivity contribution in [2.75, 3.05) is 19.3 Å². The van der Waals surface area contributed by atoms with Crippen molar-refractivity contribution < 1.29 is 13.9 Å². The zero-order valence-corrected chi connectivity index (χ0v) is 22.5. The van der Waals surface area contributed by atoms with Gasteiger partial charge in [-0.05, 0) is 81.4 Å². The molecule has 1 N–H and O–H groups in total. The summed E-state index contributed by atoms with van der Waals surface area (Å²) in [5.74, 6) is 1.19. The molecule has 0 aliphatic carbocycles. The number of aromatic nitrogens is 1. The molecular formula is C30H32N2O4S. The quantitative estimate of drug-likeness (QED) is 0.304. The van der Waals surface area contributed by atoms with E-state index in [1.165, 1.54) is 0 Å². The van der Waals surface area contributed by atoms with Crippen LogP contribution in [0.3, 0.4) is 0 Å². The Morgan fingerprint density at radius 1 is 1.05 bits per heavy atom. The molecule has 1 atom stereocenters. The molecule has 2 aromatic heterocycles. The average Bonchev–Trinajstić information content (AvgIpc) is 3.51. The van der Waals surface area contributed by atoms with Gasteiger partial charge in [0.2, 0.25) is 0 Å². The molecule has 1 unspecified atom stereocenters. The number of nitrogens with zero attached hydrogens (tertiary/aromatic N) is 1. The molecule has 1 fully saturated rings. The number of ether oxygens (including phenoxy) is 2. The Balaban J connectivity index is 1.20. The Labute approximate surface area is 221 Å². The van der Waals surface area contributed by atoms with E-state index in [0.29, 0.717) is 6.54 Å². The lowest BCUT2D eigenvalue weighted by Crippen LogP contribution is -2.48. The summed E-state index contributed by atoms with van der Waals surface area (Å²) < 4.78 is 18.8. The van der Waals surface area contributed by atoms with Gasteiger partial charge in [-0.1, -0.05) is 18.2 Å². The van der Waals surface area contributed by atoms with Crippen LogP contribution in [0.2, 0.25) is 0 Å². The van der Waals surface area contributed by atoms with Crippen molar-refractivity contribution in [1.29, 1.82) is 0 Å². The molecule has 2 aromatic carbocycles. The molecular weight excluding hydrogens is 484 g/mol. The number of benzene rings is 2. The lowest BCUT2D eigenvalue weighted by Gasteiger charge is -2.39. The van der Waals surface area contributed by atoms with Gasteiger partial charge in [0.15, 0.2) is 11.5 Å². The molecule has 0 amide bonds. The number of fused-ring (bicyclic) bond motifs is 2. The topological polar surface area (TPSA) is 67.7 Å². The van der Waals surface area contributed by atoms with Crippen molar-refractivity contribution >= 4 is 22.7 Å². The number of hydrogen-bond donors (Lipinski definition) is 1. The Morgan fingerprint density at radius 2 is 1.84 bits per heavy atom. The van der Waals surface area contributed by atoms with Crippen LogP contribution in [0.1, 0.15) is 36.6 Å². The molecule has 2 aliphatic heterocycles. The van der Waals surface area contributed by atoms with Crippen LogP contribution in [0, 0.1) is 19.8 Å². The SMILES string of the molecule is CSc1cc(C)[nH]c(=O)c1CN1CCC(C2(C)Oc3c(C)ccc(-c4ccc5occc5c4)c3O2)CC1. The number of piperidine rings is 1. The fourth-order valence-electron chi connectivity index (χ4n) is 5.70. The molecule has 2 aliphatic rings. The van der Waals surface area contributed by atoms with Gasteiger partial charge in [-0.3, -0.25) is 9.69 Å². The van der Waals surface area contributed by atoms with Crippen molar-refractivity contribution in [3.05, 3.63) is 75.9 Å². The molecule has 37 heavy (non-hydrogen) atoms. The zero-order valence-electron chi connectivity index (χ0n) is 21.7. The van der Waals surface area contributed by atoms with Crippen molar-refractivity contribution in [3.63, 3.8) is 0 Å². The summed E-state index contributed by atoms with van der Waals surface area (Å²) >= 11 is 1.64. The van der Waals surface area contributed by atoms with Gasteiger partial charge >= 0.3 is 0 Å². The number of hydrogen-bond acceptors (Lipinski definition) is 6. The normalized spacial score (nSPS) is 20.1. The third kappa shape index (κ3) is 4.34. The first-order valence-electron chi connectivity index (χ1n) is 12.8. The average molecular weight is 517 g/mol. The molecule has 0 saturated carbocycles. The molecule has 192 valence electrons. The Kier molecular flexibility index (Phi) is 6.08. The van der Waals surface area contributed by atoms with E-state index < -0.39 is 5.79 Å². The number of aromatic amines is 1. The van der Waals surface area contributed by atoms with Crippen LogP contribution in [0.25, 0.3) is 22.1 Å². The van der Waals surface area contributed by atoms with Crippen LogP contribution in [-0.2, 0) is 6.54 Å². The molecule has 1 saturated heterocycles. The van der Waals surface area contributed by atoms with E-state index in [9.17, 15) is 4.79 Å². The predicted molar refractivity (Wildman–Crippen MR) is 148 cm³/mol. The van der Waals surface area contributed by atoms with Gasteiger partial charge < -0.3 is 18.9 Å². The van der Waals surface area contributed by atoms with Crippen molar-refractivity contribution in [1.82, 2.24) is 9.88 Å². The Hall–Kier alpha value is -3.16. The number of likely N-dealkylation sites (tertiary alicyclic amines) is 1. The lowest BCUT2D eigenvalue weighted by molar-refractivity contribution is -0.125. The fraction of sp³-hybridized carbons (Fsp3) is 0.367. The van der Waals surface area contributed by atoms with E-state index in [4.69, 9.17) is 13.9 Å². The molecule has 6 nitrogen and oxygen atoms in total. The van der Waals surface area contributed by atoms with E-state index in [1.54, 1.807) is 18.0 Å². The summed E-state index contributed by atoms with van der Waals surface area (Å²) in [5.41, 5.74) is 5.85. The highest BCUT2D eigenvalue weighted by molar-refractivity contribution is 7.98. The maximum atomic E-state index is 12.6. The highest BCUT2D eigenvalue weighted by Crippen LogP contribution is 2.51. The second-order valence-electron chi connectivity index (χ2n) is 10.4. The Bertz CT molecular complexity index is 1530. The first-order chi connectivity index (χ1) is 17.8. The van der Waals surface area contributed by atoms with Crippen LogP contribution >= 0.6 is 11.8 Å². The largest absolute Gasteiger partial charge is 0.464 e. The highest BCUT2D eigenvalue weighted by atomic mass is 32.2. The van der Waals surface area contributed by atoms with E-state index in [0.717, 1.165) is 81.2 Å². The molecule has 0 radical (unpaired) electrons. The maximum absolute atomic E-state index is 12.6. The van der Waals surface area contributed by atoms with Gasteiger partial charge in [0.25, 0.3) is 11.3 Å². The van der Waals surface area contributed by atoms with Crippen LogP contribution < -0.4 is 15.0 Å². The summed E-state index contributed by atoms with van der Waals surface area (Å²) in [7, 11) is 0. The summed E-state index contributed by atoms with van der Waals surface area (Å²) in [6.45, 7) is 8.53. The van der Waals surface area contributed by atoms with Crippen LogP contribution in [-0.4, -0.2) is 35.0 Å². The Morgan fingerprint density at radius 3 is 2.62 bits per heavy atom.